The molecule has 1 unspecified atom stereocenters. The van der Waals surface area contributed by atoms with Gasteiger partial charge in [-0.05, 0) is 31.4 Å². The molecule has 0 amide bonds. The molecule has 1 aromatic carbocycles. The fraction of sp³-hybridized carbons (Fsp3) is 0.667. The zero-order valence-corrected chi connectivity index (χ0v) is 21.0. The van der Waals surface area contributed by atoms with Gasteiger partial charge in [-0.2, -0.15) is 0 Å². The molecular weight excluding hydrogens is 394 g/mol. The van der Waals surface area contributed by atoms with Crippen molar-refractivity contribution in [2.45, 2.75) is 103 Å². The molecule has 4 nitrogen and oxygen atoms in total. The van der Waals surface area contributed by atoms with Crippen molar-refractivity contribution in [2.75, 3.05) is 0 Å². The van der Waals surface area contributed by atoms with Gasteiger partial charge < -0.3 is 14.6 Å². The summed E-state index contributed by atoms with van der Waals surface area (Å²) in [6.07, 6.45) is 10.8. The van der Waals surface area contributed by atoms with Gasteiger partial charge in [-0.25, -0.2) is 4.39 Å². The average Bonchev–Trinajstić information content (AvgIpc) is 2.69. The van der Waals surface area contributed by atoms with Crippen LogP contribution in [0.1, 0.15) is 108 Å². The van der Waals surface area contributed by atoms with E-state index in [4.69, 9.17) is 4.74 Å². The van der Waals surface area contributed by atoms with Gasteiger partial charge in [0.1, 0.15) is 17.7 Å². The number of hydrogen-bond donors (Lipinski definition) is 0. The van der Waals surface area contributed by atoms with E-state index in [0.29, 0.717) is 12.8 Å². The Morgan fingerprint density at radius 2 is 1.50 bits per heavy atom. The first kappa shape index (κ1) is 29.1. The summed E-state index contributed by atoms with van der Waals surface area (Å²) in [4.78, 5) is 23.5. The number of Topliss-reactive ketones (excluding diaryl/α,β-unsaturated/α-hetero) is 1. The number of carboxylic acid groups (broad SMARTS) is 1. The van der Waals surface area contributed by atoms with Crippen molar-refractivity contribution in [3.8, 4) is 5.75 Å². The summed E-state index contributed by atoms with van der Waals surface area (Å²) in [5, 5.41) is 11.3. The molecule has 0 spiro atoms. The SMILES string of the molecule is CCCCCCCCC(Oc1ccc(C(=O)CCCCCCC)c(F)c1)C(=O)[O-].[Na+]. The molecule has 0 heterocycles. The number of rotatable bonds is 17. The van der Waals surface area contributed by atoms with Crippen LogP contribution in [-0.4, -0.2) is 17.9 Å². The molecule has 0 aliphatic heterocycles. The number of hydrogen-bond acceptors (Lipinski definition) is 4. The van der Waals surface area contributed by atoms with Crippen LogP contribution in [-0.2, 0) is 4.79 Å². The first-order valence-corrected chi connectivity index (χ1v) is 11.2. The standard InChI is InChI=1S/C24H37FO4.Na/c1-3-5-7-9-11-13-15-23(24(27)28)29-19-16-17-20(21(25)18-19)22(26)14-12-10-8-6-4-2;/h16-18,23H,3-15H2,1-2H3,(H,27,28);/q;+1/p-1. The summed E-state index contributed by atoms with van der Waals surface area (Å²) in [5.74, 6) is -2.08. The van der Waals surface area contributed by atoms with Crippen molar-refractivity contribution in [1.29, 1.82) is 0 Å². The van der Waals surface area contributed by atoms with E-state index in [0.717, 1.165) is 70.3 Å². The molecule has 30 heavy (non-hydrogen) atoms. The number of carbonyl (C=O) groups excluding carboxylic acids is 2. The van der Waals surface area contributed by atoms with E-state index in [1.54, 1.807) is 0 Å². The Hall–Kier alpha value is -0.910. The predicted octanol–water partition coefficient (Wildman–Crippen LogP) is 2.62. The largest absolute Gasteiger partial charge is 1.00 e. The van der Waals surface area contributed by atoms with Crippen molar-refractivity contribution in [1.82, 2.24) is 0 Å². The van der Waals surface area contributed by atoms with Gasteiger partial charge in [0.15, 0.2) is 5.78 Å². The van der Waals surface area contributed by atoms with E-state index >= 15 is 0 Å². The first-order chi connectivity index (χ1) is 14.0. The van der Waals surface area contributed by atoms with Gasteiger partial charge in [0.05, 0.1) is 11.5 Å². The van der Waals surface area contributed by atoms with Gasteiger partial charge in [-0.3, -0.25) is 4.79 Å². The van der Waals surface area contributed by atoms with E-state index in [1.807, 2.05) is 0 Å². The molecule has 0 saturated carbocycles. The second-order valence-electron chi connectivity index (χ2n) is 7.71. The van der Waals surface area contributed by atoms with Crippen molar-refractivity contribution < 1.29 is 53.4 Å². The molecular formula is C24H36FNaO4. The maximum absolute atomic E-state index is 14.3. The minimum absolute atomic E-state index is 0. The summed E-state index contributed by atoms with van der Waals surface area (Å²) < 4.78 is 19.8. The second-order valence-corrected chi connectivity index (χ2v) is 7.71. The molecule has 0 aliphatic carbocycles. The molecule has 0 bridgehead atoms. The van der Waals surface area contributed by atoms with E-state index in [2.05, 4.69) is 13.8 Å². The van der Waals surface area contributed by atoms with Crippen molar-refractivity contribution in [2.24, 2.45) is 0 Å². The van der Waals surface area contributed by atoms with Gasteiger partial charge in [0.25, 0.3) is 0 Å². The Balaban J connectivity index is 0.00000841. The molecule has 1 atom stereocenters. The van der Waals surface area contributed by atoms with Crippen LogP contribution in [0.5, 0.6) is 5.75 Å². The van der Waals surface area contributed by atoms with Gasteiger partial charge in [-0.15, -0.1) is 0 Å². The quantitative estimate of drug-likeness (QED) is 0.217. The fourth-order valence-corrected chi connectivity index (χ4v) is 3.32. The van der Waals surface area contributed by atoms with E-state index < -0.39 is 17.9 Å². The third-order valence-electron chi connectivity index (χ3n) is 5.11. The van der Waals surface area contributed by atoms with E-state index in [9.17, 15) is 19.1 Å². The molecule has 0 radical (unpaired) electrons. The number of aliphatic carboxylic acids is 1. The number of ketones is 1. The maximum Gasteiger partial charge on any atom is 1.00 e. The number of ether oxygens (including phenoxy) is 1. The molecule has 0 aromatic heterocycles. The summed E-state index contributed by atoms with van der Waals surface area (Å²) in [5.41, 5.74) is 0.0359. The average molecular weight is 431 g/mol. The van der Waals surface area contributed by atoms with Crippen LogP contribution in [0.25, 0.3) is 0 Å². The molecule has 0 saturated heterocycles. The Morgan fingerprint density at radius 1 is 0.933 bits per heavy atom. The zero-order valence-electron chi connectivity index (χ0n) is 19.0. The fourth-order valence-electron chi connectivity index (χ4n) is 3.32. The van der Waals surface area contributed by atoms with Gasteiger partial charge >= 0.3 is 29.6 Å². The zero-order chi connectivity index (χ0) is 21.5. The third-order valence-corrected chi connectivity index (χ3v) is 5.11. The summed E-state index contributed by atoms with van der Waals surface area (Å²) in [6, 6.07) is 3.95. The van der Waals surface area contributed by atoms with E-state index in [1.165, 1.54) is 18.6 Å². The monoisotopic (exact) mass is 430 g/mol. The van der Waals surface area contributed by atoms with Gasteiger partial charge in [0, 0.05) is 12.5 Å². The second kappa shape index (κ2) is 17.7. The Labute approximate surface area is 203 Å². The number of carboxylic acids is 1. The molecule has 0 N–H and O–H groups in total. The molecule has 1 rings (SSSR count). The smallest absolute Gasteiger partial charge is 0.546 e. The van der Waals surface area contributed by atoms with Crippen molar-refractivity contribution >= 4 is 11.8 Å². The number of carbonyl (C=O) groups is 2. The minimum Gasteiger partial charge on any atom is -0.546 e. The number of halogens is 1. The van der Waals surface area contributed by atoms with Crippen LogP contribution < -0.4 is 39.4 Å². The maximum atomic E-state index is 14.3. The molecule has 0 fully saturated rings. The van der Waals surface area contributed by atoms with Crippen molar-refractivity contribution in [3.63, 3.8) is 0 Å². The molecule has 164 valence electrons. The summed E-state index contributed by atoms with van der Waals surface area (Å²) in [6.45, 7) is 4.27. The topological polar surface area (TPSA) is 66.4 Å². The van der Waals surface area contributed by atoms with Crippen LogP contribution in [0.3, 0.4) is 0 Å². The molecule has 6 heteroatoms. The van der Waals surface area contributed by atoms with Crippen LogP contribution in [0.2, 0.25) is 0 Å². The first-order valence-electron chi connectivity index (χ1n) is 11.2. The number of benzene rings is 1. The van der Waals surface area contributed by atoms with Crippen molar-refractivity contribution in [3.05, 3.63) is 29.6 Å². The van der Waals surface area contributed by atoms with Gasteiger partial charge in [0.2, 0.25) is 0 Å². The Kier molecular flexibility index (Phi) is 17.2. The van der Waals surface area contributed by atoms with Crippen LogP contribution in [0.4, 0.5) is 4.39 Å². The van der Waals surface area contributed by atoms with Crippen LogP contribution in [0, 0.1) is 5.82 Å². The van der Waals surface area contributed by atoms with Crippen LogP contribution in [0.15, 0.2) is 18.2 Å². The molecule has 1 aromatic rings. The third kappa shape index (κ3) is 12.1. The van der Waals surface area contributed by atoms with Crippen LogP contribution >= 0.6 is 0 Å². The van der Waals surface area contributed by atoms with Gasteiger partial charge in [-0.1, -0.05) is 71.6 Å². The number of unbranched alkanes of at least 4 members (excludes halogenated alkanes) is 9. The predicted molar refractivity (Wildman–Crippen MR) is 112 cm³/mol. The Morgan fingerprint density at radius 3 is 2.07 bits per heavy atom. The van der Waals surface area contributed by atoms with E-state index in [-0.39, 0.29) is 46.7 Å². The molecule has 0 aliphatic rings. The normalized spacial score (nSPS) is 11.6. The Bertz CT molecular complexity index is 621. The summed E-state index contributed by atoms with van der Waals surface area (Å²) in [7, 11) is 0. The minimum atomic E-state index is -1.30. The summed E-state index contributed by atoms with van der Waals surface area (Å²) >= 11 is 0.